The molecule has 0 aliphatic rings. The Bertz CT molecular complexity index is 349. The normalized spacial score (nSPS) is 9.69. The van der Waals surface area contributed by atoms with Crippen molar-refractivity contribution in [2.24, 2.45) is 0 Å². The van der Waals surface area contributed by atoms with Crippen LogP contribution in [0.4, 0.5) is 11.5 Å². The number of hydrogen-bond donors (Lipinski definition) is 2. The number of methoxy groups -OCH3 is 1. The molecule has 0 saturated carbocycles. The molecule has 1 aromatic rings. The van der Waals surface area contributed by atoms with Crippen LogP contribution in [0, 0.1) is 6.92 Å². The summed E-state index contributed by atoms with van der Waals surface area (Å²) in [5, 5.41) is 0. The van der Waals surface area contributed by atoms with Crippen LogP contribution >= 0.6 is 0 Å². The Kier molecular flexibility index (Phi) is 2.36. The summed E-state index contributed by atoms with van der Waals surface area (Å²) in [7, 11) is 1.29. The van der Waals surface area contributed by atoms with Gasteiger partial charge >= 0.3 is 5.97 Å². The fraction of sp³-hybridized carbons (Fsp3) is 0.250. The Morgan fingerprint density at radius 1 is 1.54 bits per heavy atom. The molecular weight excluding hydrogens is 170 g/mol. The van der Waals surface area contributed by atoms with E-state index in [1.165, 1.54) is 13.2 Å². The van der Waals surface area contributed by atoms with E-state index in [0.29, 0.717) is 5.69 Å². The molecule has 0 unspecified atom stereocenters. The molecule has 0 aliphatic carbocycles. The zero-order chi connectivity index (χ0) is 10.0. The number of nitrogen functional groups attached to an aromatic ring is 2. The van der Waals surface area contributed by atoms with Crippen LogP contribution in [0.25, 0.3) is 0 Å². The molecular formula is C8H11N3O2. The molecule has 0 bridgehead atoms. The molecule has 13 heavy (non-hydrogen) atoms. The van der Waals surface area contributed by atoms with Crippen LogP contribution < -0.4 is 11.5 Å². The number of nitrogens with zero attached hydrogens (tertiary/aromatic N) is 1. The topological polar surface area (TPSA) is 91.2 Å². The van der Waals surface area contributed by atoms with Gasteiger partial charge in [0.2, 0.25) is 0 Å². The average molecular weight is 181 g/mol. The number of aryl methyl sites for hydroxylation is 1. The number of nitrogens with two attached hydrogens (primary N) is 2. The van der Waals surface area contributed by atoms with Crippen LogP contribution in [0.3, 0.4) is 0 Å². The first-order valence-corrected chi connectivity index (χ1v) is 3.67. The van der Waals surface area contributed by atoms with Crippen molar-refractivity contribution in [2.75, 3.05) is 18.6 Å². The largest absolute Gasteiger partial charge is 0.465 e. The van der Waals surface area contributed by atoms with Crippen molar-refractivity contribution in [1.82, 2.24) is 4.98 Å². The van der Waals surface area contributed by atoms with Crippen molar-refractivity contribution in [3.05, 3.63) is 17.3 Å². The second-order valence-corrected chi connectivity index (χ2v) is 2.60. The summed E-state index contributed by atoms with van der Waals surface area (Å²) in [5.41, 5.74) is 12.1. The molecule has 4 N–H and O–H groups in total. The number of carbonyl (C=O) groups is 1. The van der Waals surface area contributed by atoms with Crippen molar-refractivity contribution in [2.45, 2.75) is 6.92 Å². The van der Waals surface area contributed by atoms with Gasteiger partial charge in [-0.2, -0.15) is 0 Å². The van der Waals surface area contributed by atoms with Crippen molar-refractivity contribution in [1.29, 1.82) is 0 Å². The van der Waals surface area contributed by atoms with Crippen LogP contribution in [-0.2, 0) is 4.74 Å². The Balaban J connectivity index is 3.28. The molecule has 0 saturated heterocycles. The van der Waals surface area contributed by atoms with Crippen LogP contribution in [-0.4, -0.2) is 18.1 Å². The number of ether oxygens (including phenoxy) is 1. The van der Waals surface area contributed by atoms with Crippen molar-refractivity contribution in [3.8, 4) is 0 Å². The lowest BCUT2D eigenvalue weighted by Gasteiger charge is -2.06. The van der Waals surface area contributed by atoms with E-state index in [2.05, 4.69) is 9.72 Å². The minimum atomic E-state index is -0.505. The minimum absolute atomic E-state index is 0.153. The van der Waals surface area contributed by atoms with E-state index in [9.17, 15) is 4.79 Å². The van der Waals surface area contributed by atoms with Gasteiger partial charge in [-0.25, -0.2) is 9.78 Å². The maximum atomic E-state index is 11.2. The molecule has 0 radical (unpaired) electrons. The molecule has 1 heterocycles. The first-order valence-electron chi connectivity index (χ1n) is 3.67. The second-order valence-electron chi connectivity index (χ2n) is 2.60. The van der Waals surface area contributed by atoms with Gasteiger partial charge in [-0.1, -0.05) is 0 Å². The van der Waals surface area contributed by atoms with Gasteiger partial charge in [0.15, 0.2) is 0 Å². The lowest BCUT2D eigenvalue weighted by atomic mass is 10.2. The van der Waals surface area contributed by atoms with Crippen molar-refractivity contribution >= 4 is 17.5 Å². The minimum Gasteiger partial charge on any atom is -0.465 e. The van der Waals surface area contributed by atoms with E-state index in [1.807, 2.05) is 0 Å². The number of aromatic nitrogens is 1. The monoisotopic (exact) mass is 181 g/mol. The predicted molar refractivity (Wildman–Crippen MR) is 49.1 cm³/mol. The van der Waals surface area contributed by atoms with Crippen molar-refractivity contribution < 1.29 is 9.53 Å². The predicted octanol–water partition coefficient (Wildman–Crippen LogP) is 0.341. The molecule has 1 rings (SSSR count). The third-order valence-electron chi connectivity index (χ3n) is 1.62. The number of rotatable bonds is 1. The van der Waals surface area contributed by atoms with Crippen LogP contribution in [0.2, 0.25) is 0 Å². The van der Waals surface area contributed by atoms with E-state index in [4.69, 9.17) is 11.5 Å². The number of anilines is 2. The van der Waals surface area contributed by atoms with Crippen LogP contribution in [0.1, 0.15) is 16.1 Å². The first-order chi connectivity index (χ1) is 6.06. The highest BCUT2D eigenvalue weighted by Gasteiger charge is 2.13. The zero-order valence-electron chi connectivity index (χ0n) is 7.50. The van der Waals surface area contributed by atoms with Gasteiger partial charge in [0.1, 0.15) is 5.82 Å². The van der Waals surface area contributed by atoms with Gasteiger partial charge < -0.3 is 16.2 Å². The smallest absolute Gasteiger partial charge is 0.340 e. The highest BCUT2D eigenvalue weighted by atomic mass is 16.5. The summed E-state index contributed by atoms with van der Waals surface area (Å²) in [6.45, 7) is 1.72. The molecule has 0 spiro atoms. The molecule has 5 heteroatoms. The third kappa shape index (κ3) is 1.69. The molecule has 0 fully saturated rings. The van der Waals surface area contributed by atoms with Gasteiger partial charge in [-0.05, 0) is 13.0 Å². The first kappa shape index (κ1) is 9.31. The summed E-state index contributed by atoms with van der Waals surface area (Å²) in [5.74, 6) is -0.352. The maximum absolute atomic E-state index is 11.2. The summed E-state index contributed by atoms with van der Waals surface area (Å²) >= 11 is 0. The quantitative estimate of drug-likeness (QED) is 0.609. The molecule has 1 aromatic heterocycles. The highest BCUT2D eigenvalue weighted by Crippen LogP contribution is 2.19. The lowest BCUT2D eigenvalue weighted by molar-refractivity contribution is 0.0602. The summed E-state index contributed by atoms with van der Waals surface area (Å²) < 4.78 is 4.52. The Hall–Kier alpha value is -1.78. The van der Waals surface area contributed by atoms with Gasteiger partial charge in [0, 0.05) is 5.69 Å². The van der Waals surface area contributed by atoms with E-state index >= 15 is 0 Å². The summed E-state index contributed by atoms with van der Waals surface area (Å²) in [4.78, 5) is 15.0. The molecule has 5 nitrogen and oxygen atoms in total. The van der Waals surface area contributed by atoms with E-state index in [0.717, 1.165) is 0 Å². The van der Waals surface area contributed by atoms with Crippen LogP contribution in [0.15, 0.2) is 6.07 Å². The summed E-state index contributed by atoms with van der Waals surface area (Å²) in [6, 6.07) is 1.54. The fourth-order valence-corrected chi connectivity index (χ4v) is 0.986. The molecule has 0 aromatic carbocycles. The van der Waals surface area contributed by atoms with Crippen molar-refractivity contribution in [3.63, 3.8) is 0 Å². The Morgan fingerprint density at radius 2 is 2.15 bits per heavy atom. The van der Waals surface area contributed by atoms with Gasteiger partial charge in [0.25, 0.3) is 0 Å². The highest BCUT2D eigenvalue weighted by molar-refractivity contribution is 5.97. The zero-order valence-corrected chi connectivity index (χ0v) is 7.50. The Morgan fingerprint density at radius 3 is 2.69 bits per heavy atom. The number of pyridine rings is 1. The average Bonchev–Trinajstić information content (AvgIpc) is 2.10. The standard InChI is InChI=1S/C8H11N3O2/c1-4-3-5(8(12)13-2)6(9)7(10)11-4/h3H,9H2,1-2H3,(H2,10,11). The van der Waals surface area contributed by atoms with Gasteiger partial charge in [-0.3, -0.25) is 0 Å². The van der Waals surface area contributed by atoms with Gasteiger partial charge in [-0.15, -0.1) is 0 Å². The van der Waals surface area contributed by atoms with E-state index < -0.39 is 5.97 Å². The number of hydrogen-bond acceptors (Lipinski definition) is 5. The Labute approximate surface area is 75.7 Å². The van der Waals surface area contributed by atoms with E-state index in [-0.39, 0.29) is 17.1 Å². The second kappa shape index (κ2) is 3.30. The third-order valence-corrected chi connectivity index (χ3v) is 1.62. The fourth-order valence-electron chi connectivity index (χ4n) is 0.986. The number of carbonyl (C=O) groups excluding carboxylic acids is 1. The number of esters is 1. The molecule has 70 valence electrons. The SMILES string of the molecule is COC(=O)c1cc(C)nc(N)c1N. The van der Waals surface area contributed by atoms with Gasteiger partial charge in [0.05, 0.1) is 18.4 Å². The molecule has 0 aliphatic heterocycles. The maximum Gasteiger partial charge on any atom is 0.340 e. The van der Waals surface area contributed by atoms with E-state index in [1.54, 1.807) is 6.92 Å². The van der Waals surface area contributed by atoms with Crippen LogP contribution in [0.5, 0.6) is 0 Å². The molecule has 0 atom stereocenters. The lowest BCUT2D eigenvalue weighted by Crippen LogP contribution is -2.10. The summed E-state index contributed by atoms with van der Waals surface area (Å²) in [6.07, 6.45) is 0. The molecule has 0 amide bonds.